The highest BCUT2D eigenvalue weighted by Gasteiger charge is 2.14. The van der Waals surface area contributed by atoms with Crippen LogP contribution in [0.3, 0.4) is 0 Å². The summed E-state index contributed by atoms with van der Waals surface area (Å²) >= 11 is 1.67. The van der Waals surface area contributed by atoms with Crippen molar-refractivity contribution in [1.82, 2.24) is 4.98 Å². The molecule has 0 amide bonds. The van der Waals surface area contributed by atoms with E-state index in [0.29, 0.717) is 16.8 Å². The number of benzene rings is 2. The molecule has 2 N–H and O–H groups in total. The van der Waals surface area contributed by atoms with Gasteiger partial charge in [-0.05, 0) is 54.6 Å². The van der Waals surface area contributed by atoms with E-state index in [-0.39, 0.29) is 11.3 Å². The van der Waals surface area contributed by atoms with Gasteiger partial charge in [0.05, 0.1) is 0 Å². The monoisotopic (exact) mass is 348 g/mol. The third-order valence-corrected chi connectivity index (χ3v) is 4.73. The molecule has 5 heteroatoms. The van der Waals surface area contributed by atoms with Crippen LogP contribution in [-0.4, -0.2) is 16.3 Å². The molecule has 2 aromatic carbocycles. The van der Waals surface area contributed by atoms with Crippen molar-refractivity contribution in [1.29, 1.82) is 5.26 Å². The van der Waals surface area contributed by atoms with Gasteiger partial charge in [-0.3, -0.25) is 4.79 Å². The van der Waals surface area contributed by atoms with Gasteiger partial charge >= 0.3 is 0 Å². The SMILES string of the molecule is CSc1ccc(-c2ccc(-c3cc(C)[nH]c(=O)c3C#N)c(O)c2)cc1. The minimum absolute atomic E-state index is 0.00188. The fourth-order valence-corrected chi connectivity index (χ4v) is 3.14. The molecule has 0 saturated carbocycles. The van der Waals surface area contributed by atoms with Crippen LogP contribution >= 0.6 is 11.8 Å². The number of aryl methyl sites for hydroxylation is 1. The number of nitrogens with one attached hydrogen (secondary N) is 1. The zero-order valence-corrected chi connectivity index (χ0v) is 14.6. The zero-order chi connectivity index (χ0) is 18.0. The van der Waals surface area contributed by atoms with E-state index in [1.54, 1.807) is 36.9 Å². The highest BCUT2D eigenvalue weighted by Crippen LogP contribution is 2.34. The van der Waals surface area contributed by atoms with Gasteiger partial charge in [0, 0.05) is 21.7 Å². The van der Waals surface area contributed by atoms with Crippen LogP contribution in [0.15, 0.2) is 58.2 Å². The number of phenols is 1. The lowest BCUT2D eigenvalue weighted by atomic mass is 9.97. The highest BCUT2D eigenvalue weighted by molar-refractivity contribution is 7.98. The number of aromatic hydroxyl groups is 1. The summed E-state index contributed by atoms with van der Waals surface area (Å²) in [6.07, 6.45) is 2.02. The number of nitrogens with zero attached hydrogens (tertiary/aromatic N) is 1. The second kappa shape index (κ2) is 6.88. The van der Waals surface area contributed by atoms with Crippen molar-refractivity contribution in [3.63, 3.8) is 0 Å². The maximum atomic E-state index is 12.0. The summed E-state index contributed by atoms with van der Waals surface area (Å²) in [5.41, 5.74) is 2.94. The minimum Gasteiger partial charge on any atom is -0.507 e. The maximum Gasteiger partial charge on any atom is 0.266 e. The average Bonchev–Trinajstić information content (AvgIpc) is 2.61. The van der Waals surface area contributed by atoms with Gasteiger partial charge in [0.1, 0.15) is 17.4 Å². The molecule has 124 valence electrons. The van der Waals surface area contributed by atoms with Crippen LogP contribution in [0.4, 0.5) is 0 Å². The van der Waals surface area contributed by atoms with Gasteiger partial charge in [-0.1, -0.05) is 18.2 Å². The number of aromatic amines is 1. The van der Waals surface area contributed by atoms with E-state index >= 15 is 0 Å². The number of rotatable bonds is 3. The minimum atomic E-state index is -0.450. The first-order valence-electron chi connectivity index (χ1n) is 7.65. The molecule has 3 aromatic rings. The van der Waals surface area contributed by atoms with Crippen molar-refractivity contribution in [2.24, 2.45) is 0 Å². The van der Waals surface area contributed by atoms with Crippen LogP contribution in [0.5, 0.6) is 5.75 Å². The molecule has 0 fully saturated rings. The second-order valence-corrected chi connectivity index (χ2v) is 6.52. The first-order valence-corrected chi connectivity index (χ1v) is 8.88. The summed E-state index contributed by atoms with van der Waals surface area (Å²) in [6.45, 7) is 1.74. The van der Waals surface area contributed by atoms with Crippen LogP contribution < -0.4 is 5.56 Å². The molecule has 0 aliphatic carbocycles. The molecule has 4 nitrogen and oxygen atoms in total. The van der Waals surface area contributed by atoms with Gasteiger partial charge < -0.3 is 10.1 Å². The molecule has 0 aliphatic rings. The number of hydrogen-bond donors (Lipinski definition) is 2. The third-order valence-electron chi connectivity index (χ3n) is 3.99. The van der Waals surface area contributed by atoms with Crippen molar-refractivity contribution in [2.45, 2.75) is 11.8 Å². The van der Waals surface area contributed by atoms with E-state index in [9.17, 15) is 15.2 Å². The van der Waals surface area contributed by atoms with E-state index < -0.39 is 5.56 Å². The van der Waals surface area contributed by atoms with Gasteiger partial charge in [-0.2, -0.15) is 5.26 Å². The number of thioether (sulfide) groups is 1. The van der Waals surface area contributed by atoms with E-state index in [1.807, 2.05) is 42.7 Å². The molecular weight excluding hydrogens is 332 g/mol. The Morgan fingerprint density at radius 1 is 1.04 bits per heavy atom. The van der Waals surface area contributed by atoms with E-state index in [2.05, 4.69) is 4.98 Å². The molecule has 0 radical (unpaired) electrons. The van der Waals surface area contributed by atoms with Crippen molar-refractivity contribution >= 4 is 11.8 Å². The van der Waals surface area contributed by atoms with Crippen LogP contribution in [0.2, 0.25) is 0 Å². The van der Waals surface area contributed by atoms with Gasteiger partial charge in [0.25, 0.3) is 5.56 Å². The van der Waals surface area contributed by atoms with Crippen LogP contribution in [-0.2, 0) is 0 Å². The molecular formula is C20H16N2O2S. The molecule has 0 bridgehead atoms. The number of pyridine rings is 1. The molecule has 0 spiro atoms. The summed E-state index contributed by atoms with van der Waals surface area (Å²) in [4.78, 5) is 15.7. The molecule has 1 aromatic heterocycles. The molecule has 0 unspecified atom stereocenters. The fraction of sp³-hybridized carbons (Fsp3) is 0.100. The van der Waals surface area contributed by atoms with Crippen LogP contribution in [0.1, 0.15) is 11.3 Å². The van der Waals surface area contributed by atoms with Gasteiger partial charge in [-0.15, -0.1) is 11.8 Å². The smallest absolute Gasteiger partial charge is 0.266 e. The second-order valence-electron chi connectivity index (χ2n) is 5.64. The van der Waals surface area contributed by atoms with E-state index in [1.165, 1.54) is 4.90 Å². The number of H-pyrrole nitrogens is 1. The van der Waals surface area contributed by atoms with Crippen molar-refractivity contribution in [3.05, 3.63) is 70.1 Å². The van der Waals surface area contributed by atoms with E-state index in [4.69, 9.17) is 0 Å². The van der Waals surface area contributed by atoms with Gasteiger partial charge in [-0.25, -0.2) is 0 Å². The summed E-state index contributed by atoms with van der Waals surface area (Å²) in [5, 5.41) is 19.8. The predicted octanol–water partition coefficient (Wildman–Crippen LogP) is 4.32. The Hall–Kier alpha value is -2.97. The Morgan fingerprint density at radius 3 is 2.32 bits per heavy atom. The lowest BCUT2D eigenvalue weighted by Gasteiger charge is -2.10. The Morgan fingerprint density at radius 2 is 1.72 bits per heavy atom. The molecule has 0 saturated heterocycles. The normalized spacial score (nSPS) is 10.4. The van der Waals surface area contributed by atoms with Crippen molar-refractivity contribution in [3.8, 4) is 34.1 Å². The third kappa shape index (κ3) is 3.30. The van der Waals surface area contributed by atoms with Crippen LogP contribution in [0.25, 0.3) is 22.3 Å². The predicted molar refractivity (Wildman–Crippen MR) is 101 cm³/mol. The van der Waals surface area contributed by atoms with Gasteiger partial charge in [0.15, 0.2) is 0 Å². The topological polar surface area (TPSA) is 76.9 Å². The first kappa shape index (κ1) is 16.9. The standard InChI is InChI=1S/C20H16N2O2S/c1-12-9-17(18(11-21)20(24)22-12)16-8-5-14(10-19(16)23)13-3-6-15(25-2)7-4-13/h3-10,23H,1-2H3,(H,22,24). The molecule has 1 heterocycles. The van der Waals surface area contributed by atoms with E-state index in [0.717, 1.165) is 11.1 Å². The molecule has 0 aliphatic heterocycles. The largest absolute Gasteiger partial charge is 0.507 e. The summed E-state index contributed by atoms with van der Waals surface area (Å²) in [7, 11) is 0. The number of aromatic nitrogens is 1. The number of nitriles is 1. The fourth-order valence-electron chi connectivity index (χ4n) is 2.73. The molecule has 0 atom stereocenters. The lowest BCUT2D eigenvalue weighted by Crippen LogP contribution is -2.12. The summed E-state index contributed by atoms with van der Waals surface area (Å²) < 4.78 is 0. The Bertz CT molecular complexity index is 1030. The van der Waals surface area contributed by atoms with Gasteiger partial charge in [0.2, 0.25) is 0 Å². The Kier molecular flexibility index (Phi) is 4.64. The highest BCUT2D eigenvalue weighted by atomic mass is 32.2. The Labute approximate surface area is 149 Å². The quantitative estimate of drug-likeness (QED) is 0.691. The molecule has 3 rings (SSSR count). The number of phenolic OH excluding ortho intramolecular Hbond substituents is 1. The lowest BCUT2D eigenvalue weighted by molar-refractivity contribution is 0.477. The summed E-state index contributed by atoms with van der Waals surface area (Å²) in [6, 6.07) is 16.9. The Balaban J connectivity index is 2.09. The number of hydrogen-bond acceptors (Lipinski definition) is 4. The van der Waals surface area contributed by atoms with Crippen LogP contribution in [0, 0.1) is 18.3 Å². The first-order chi connectivity index (χ1) is 12.0. The summed E-state index contributed by atoms with van der Waals surface area (Å²) in [5.74, 6) is 0.0351. The average molecular weight is 348 g/mol. The van der Waals surface area contributed by atoms with Crippen molar-refractivity contribution in [2.75, 3.05) is 6.26 Å². The van der Waals surface area contributed by atoms with Crippen molar-refractivity contribution < 1.29 is 5.11 Å². The molecule has 25 heavy (non-hydrogen) atoms. The maximum absolute atomic E-state index is 12.0. The zero-order valence-electron chi connectivity index (χ0n) is 13.8.